The molecule has 15 heteroatoms. The fourth-order valence-corrected chi connectivity index (χ4v) is 8.38. The van der Waals surface area contributed by atoms with E-state index in [1.807, 2.05) is 58.0 Å². The molecule has 0 radical (unpaired) electrons. The number of sulfonamides is 1. The van der Waals surface area contributed by atoms with Crippen LogP contribution >= 0.6 is 11.3 Å². The number of nitrogens with one attached hydrogen (secondary N) is 1. The van der Waals surface area contributed by atoms with E-state index in [0.29, 0.717) is 29.5 Å². The minimum Gasteiger partial charge on any atom is -0.497 e. The van der Waals surface area contributed by atoms with Gasteiger partial charge < -0.3 is 25.0 Å². The van der Waals surface area contributed by atoms with Gasteiger partial charge in [0.05, 0.1) is 36.4 Å². The molecule has 3 aromatic rings. The number of aliphatic hydroxyl groups is 1. The molecule has 0 saturated carbocycles. The number of amides is 3. The fourth-order valence-electron chi connectivity index (χ4n) is 5.97. The Morgan fingerprint density at radius 1 is 1.06 bits per heavy atom. The molecule has 272 valence electrons. The largest absolute Gasteiger partial charge is 0.497 e. The van der Waals surface area contributed by atoms with Gasteiger partial charge in [-0.3, -0.25) is 4.79 Å². The fraction of sp³-hybridized carbons (Fsp3) is 0.514. The van der Waals surface area contributed by atoms with E-state index in [1.54, 1.807) is 29.3 Å². The molecule has 1 aromatic heterocycles. The van der Waals surface area contributed by atoms with Crippen LogP contribution in [0.3, 0.4) is 0 Å². The molecule has 1 unspecified atom stereocenters. The summed E-state index contributed by atoms with van der Waals surface area (Å²) in [5.41, 5.74) is 1.49. The van der Waals surface area contributed by atoms with Crippen molar-refractivity contribution in [2.24, 2.45) is 17.0 Å². The van der Waals surface area contributed by atoms with Gasteiger partial charge in [0.2, 0.25) is 15.9 Å². The van der Waals surface area contributed by atoms with E-state index in [4.69, 9.17) is 4.74 Å². The van der Waals surface area contributed by atoms with E-state index < -0.39 is 40.2 Å². The molecule has 0 bridgehead atoms. The molecule has 2 aromatic carbocycles. The predicted octanol–water partition coefficient (Wildman–Crippen LogP) is 4.68. The van der Waals surface area contributed by atoms with Crippen molar-refractivity contribution in [1.82, 2.24) is 24.4 Å². The Morgan fingerprint density at radius 3 is 2.34 bits per heavy atom. The highest BCUT2D eigenvalue weighted by molar-refractivity contribution is 7.89. The van der Waals surface area contributed by atoms with Crippen molar-refractivity contribution in [1.29, 1.82) is 0 Å². The normalized spacial score (nSPS) is 16.2. The third-order valence-corrected chi connectivity index (χ3v) is 11.5. The maximum absolute atomic E-state index is 14.1. The Hall–Kier alpha value is -3.92. The molecule has 2 N–H and O–H groups in total. The number of carbonyl (C=O) groups is 2. The zero-order valence-corrected chi connectivity index (χ0v) is 31.1. The van der Waals surface area contributed by atoms with Crippen molar-refractivity contribution < 1.29 is 27.9 Å². The van der Waals surface area contributed by atoms with E-state index in [-0.39, 0.29) is 48.8 Å². The smallest absolute Gasteiger partial charge is 0.321 e. The van der Waals surface area contributed by atoms with E-state index in [1.165, 1.54) is 39.8 Å². The Balaban J connectivity index is 1.55. The Kier molecular flexibility index (Phi) is 13.5. The number of benzene rings is 2. The topological polar surface area (TPSA) is 162 Å². The van der Waals surface area contributed by atoms with Crippen LogP contribution in [0.4, 0.5) is 4.79 Å². The van der Waals surface area contributed by atoms with Gasteiger partial charge in [0.15, 0.2) is 0 Å². The number of thiazole rings is 1. The third kappa shape index (κ3) is 9.65. The van der Waals surface area contributed by atoms with Gasteiger partial charge in [0.1, 0.15) is 22.8 Å². The van der Waals surface area contributed by atoms with Crippen LogP contribution in [0.2, 0.25) is 0 Å². The second kappa shape index (κ2) is 17.3. The van der Waals surface area contributed by atoms with E-state index >= 15 is 0 Å². The average molecular weight is 729 g/mol. The van der Waals surface area contributed by atoms with Gasteiger partial charge in [0, 0.05) is 31.6 Å². The lowest BCUT2D eigenvalue weighted by Gasteiger charge is -2.34. The first kappa shape index (κ1) is 38.9. The molecule has 3 amide bonds. The summed E-state index contributed by atoms with van der Waals surface area (Å²) in [7, 11) is -2.52. The van der Waals surface area contributed by atoms with Crippen LogP contribution < -0.4 is 10.1 Å². The first-order chi connectivity index (χ1) is 23.7. The van der Waals surface area contributed by atoms with Crippen LogP contribution in [-0.2, 0) is 27.8 Å². The number of aliphatic hydroxyl groups excluding tert-OH is 1. The van der Waals surface area contributed by atoms with Gasteiger partial charge in [-0.25, -0.2) is 18.2 Å². The minimum atomic E-state index is -4.02. The van der Waals surface area contributed by atoms with E-state index in [2.05, 4.69) is 15.5 Å². The lowest BCUT2D eigenvalue weighted by Crippen LogP contribution is -2.57. The van der Waals surface area contributed by atoms with Crippen LogP contribution in [0, 0.1) is 16.7 Å². The molecule has 1 fully saturated rings. The van der Waals surface area contributed by atoms with Gasteiger partial charge in [-0.1, -0.05) is 63.2 Å². The van der Waals surface area contributed by atoms with Crippen molar-refractivity contribution in [3.05, 3.63) is 81.1 Å². The van der Waals surface area contributed by atoms with Gasteiger partial charge in [-0.2, -0.15) is 9.21 Å². The highest BCUT2D eigenvalue weighted by Crippen LogP contribution is 2.25. The van der Waals surface area contributed by atoms with E-state index in [0.717, 1.165) is 5.56 Å². The number of hydrogen-bond acceptors (Lipinski definition) is 10. The van der Waals surface area contributed by atoms with Crippen LogP contribution in [0.5, 0.6) is 5.75 Å². The number of ether oxygens (including phenoxy) is 1. The summed E-state index contributed by atoms with van der Waals surface area (Å²) in [5.74, 6) is -0.242. The minimum absolute atomic E-state index is 0.0483. The van der Waals surface area contributed by atoms with Crippen molar-refractivity contribution in [3.63, 3.8) is 0 Å². The molecule has 13 nitrogen and oxygen atoms in total. The van der Waals surface area contributed by atoms with Crippen LogP contribution in [0.25, 0.3) is 0 Å². The molecular formula is C35H48N6O7S2. The van der Waals surface area contributed by atoms with Crippen molar-refractivity contribution >= 4 is 33.3 Å². The van der Waals surface area contributed by atoms with Gasteiger partial charge in [0.25, 0.3) is 0 Å². The second-order valence-corrected chi connectivity index (χ2v) is 16.1. The summed E-state index contributed by atoms with van der Waals surface area (Å²) in [6.45, 7) is 9.97. The summed E-state index contributed by atoms with van der Waals surface area (Å²) >= 11 is 1.31. The highest BCUT2D eigenvalue weighted by Gasteiger charge is 2.40. The average Bonchev–Trinajstić information content (AvgIpc) is 3.70. The standard InChI is InChI=1S/C35H48N6O7S2/c1-23(2)19-40(50(46,47)29-14-12-28(48-6)13-15-29)21-31(42)30(18-26-10-8-7-9-11-26)37-33(43)32(24(3)4)41-17-16-39(35(41)44)20-27-22-49-34(36-27)25(5)38-45/h7-15,22-25,30-32,42H,16-21H2,1-6H3,(H,37,43)/t25?,30-,31+,32-/m0/s1. The number of rotatable bonds is 18. The van der Waals surface area contributed by atoms with Gasteiger partial charge in [-0.05, 0) is 55.0 Å². The van der Waals surface area contributed by atoms with Crippen molar-refractivity contribution in [3.8, 4) is 5.75 Å². The quantitative estimate of drug-likeness (QED) is 0.179. The second-order valence-electron chi connectivity index (χ2n) is 13.3. The number of urea groups is 1. The number of nitrogens with zero attached hydrogens (tertiary/aromatic N) is 5. The summed E-state index contributed by atoms with van der Waals surface area (Å²) in [4.78, 5) is 46.4. The maximum atomic E-state index is 14.1. The summed E-state index contributed by atoms with van der Waals surface area (Å²) in [6, 6.07) is 12.8. The maximum Gasteiger partial charge on any atom is 0.321 e. The van der Waals surface area contributed by atoms with Crippen LogP contribution in [0.1, 0.15) is 56.9 Å². The molecule has 0 aliphatic carbocycles. The number of nitroso groups, excluding NO2 is 1. The molecule has 1 aliphatic rings. The molecule has 2 heterocycles. The van der Waals surface area contributed by atoms with Crippen LogP contribution in [0.15, 0.2) is 70.0 Å². The van der Waals surface area contributed by atoms with Gasteiger partial charge >= 0.3 is 6.03 Å². The monoisotopic (exact) mass is 728 g/mol. The number of aromatic nitrogens is 1. The Labute approximate surface area is 298 Å². The molecule has 4 rings (SSSR count). The zero-order chi connectivity index (χ0) is 36.6. The lowest BCUT2D eigenvalue weighted by molar-refractivity contribution is -0.128. The molecule has 1 aliphatic heterocycles. The lowest BCUT2D eigenvalue weighted by atomic mass is 9.97. The molecule has 4 atom stereocenters. The third-order valence-electron chi connectivity index (χ3n) is 8.55. The number of carbonyl (C=O) groups excluding carboxylic acids is 2. The summed E-state index contributed by atoms with van der Waals surface area (Å²) < 4.78 is 34.1. The Morgan fingerprint density at radius 2 is 1.74 bits per heavy atom. The molecular weight excluding hydrogens is 681 g/mol. The first-order valence-electron chi connectivity index (χ1n) is 16.7. The first-order valence-corrected chi connectivity index (χ1v) is 19.1. The number of hydrogen-bond donors (Lipinski definition) is 2. The SMILES string of the molecule is COc1ccc(S(=O)(=O)N(CC(C)C)C[C@@H](O)[C@H](Cc2ccccc2)NC(=O)[C@H](C(C)C)N2CCN(Cc3csc(C(C)N=O)n3)C2=O)cc1. The molecule has 50 heavy (non-hydrogen) atoms. The highest BCUT2D eigenvalue weighted by atomic mass is 32.2. The van der Waals surface area contributed by atoms with Crippen LogP contribution in [-0.4, -0.2) is 96.0 Å². The predicted molar refractivity (Wildman–Crippen MR) is 192 cm³/mol. The Bertz CT molecular complexity index is 1680. The zero-order valence-electron chi connectivity index (χ0n) is 29.4. The van der Waals surface area contributed by atoms with E-state index in [9.17, 15) is 28.0 Å². The van der Waals surface area contributed by atoms with Crippen molar-refractivity contribution in [2.45, 2.75) is 76.7 Å². The summed E-state index contributed by atoms with van der Waals surface area (Å²) in [5, 5.41) is 20.1. The van der Waals surface area contributed by atoms with Crippen molar-refractivity contribution in [2.75, 3.05) is 33.3 Å². The molecule has 0 spiro atoms. The number of methoxy groups -OCH3 is 1. The summed E-state index contributed by atoms with van der Waals surface area (Å²) in [6.07, 6.45) is -1.05. The van der Waals surface area contributed by atoms with Gasteiger partial charge in [-0.15, -0.1) is 11.3 Å². The molecule has 1 saturated heterocycles.